The van der Waals surface area contributed by atoms with Crippen molar-refractivity contribution in [3.05, 3.63) is 60.2 Å². The van der Waals surface area contributed by atoms with Crippen molar-refractivity contribution in [2.24, 2.45) is 5.73 Å². The smallest absolute Gasteiger partial charge is 0.243 e. The summed E-state index contributed by atoms with van der Waals surface area (Å²) in [6.07, 6.45) is 1.62. The SMILES string of the molecule is CS(=O)(=O)c1ccc(S(=O)(=O)N(CCCN)Cc2ccccc2)cc1. The molecule has 25 heavy (non-hydrogen) atoms. The highest BCUT2D eigenvalue weighted by molar-refractivity contribution is 7.90. The second kappa shape index (κ2) is 8.09. The van der Waals surface area contributed by atoms with Crippen LogP contribution in [0.4, 0.5) is 0 Å². The van der Waals surface area contributed by atoms with E-state index < -0.39 is 19.9 Å². The molecule has 0 heterocycles. The van der Waals surface area contributed by atoms with E-state index in [1.165, 1.54) is 28.6 Å². The van der Waals surface area contributed by atoms with Crippen molar-refractivity contribution in [3.63, 3.8) is 0 Å². The zero-order chi connectivity index (χ0) is 18.5. The van der Waals surface area contributed by atoms with Crippen LogP contribution in [0.2, 0.25) is 0 Å². The molecule has 8 heteroatoms. The van der Waals surface area contributed by atoms with Crippen LogP contribution < -0.4 is 5.73 Å². The Balaban J connectivity index is 2.33. The van der Waals surface area contributed by atoms with E-state index in [4.69, 9.17) is 5.73 Å². The van der Waals surface area contributed by atoms with Crippen molar-refractivity contribution >= 4 is 19.9 Å². The van der Waals surface area contributed by atoms with E-state index in [-0.39, 0.29) is 16.3 Å². The van der Waals surface area contributed by atoms with Gasteiger partial charge in [0, 0.05) is 19.3 Å². The second-order valence-corrected chi connectivity index (χ2v) is 9.66. The largest absolute Gasteiger partial charge is 0.330 e. The summed E-state index contributed by atoms with van der Waals surface area (Å²) in [7, 11) is -7.12. The zero-order valence-electron chi connectivity index (χ0n) is 14.0. The predicted octanol–water partition coefficient (Wildman–Crippen LogP) is 1.63. The number of hydrogen-bond acceptors (Lipinski definition) is 5. The Morgan fingerprint density at radius 1 is 0.880 bits per heavy atom. The molecular formula is C17H22N2O4S2. The van der Waals surface area contributed by atoms with Crippen LogP contribution in [-0.2, 0) is 26.4 Å². The first kappa shape index (κ1) is 19.6. The van der Waals surface area contributed by atoms with Gasteiger partial charge in [0.05, 0.1) is 9.79 Å². The van der Waals surface area contributed by atoms with Gasteiger partial charge in [-0.25, -0.2) is 16.8 Å². The Kier molecular flexibility index (Phi) is 6.34. The van der Waals surface area contributed by atoms with Crippen LogP contribution in [0.15, 0.2) is 64.4 Å². The molecule has 2 N–H and O–H groups in total. The number of rotatable bonds is 8. The Morgan fingerprint density at radius 3 is 1.96 bits per heavy atom. The van der Waals surface area contributed by atoms with Crippen LogP contribution in [0.25, 0.3) is 0 Å². The molecule has 0 atom stereocenters. The lowest BCUT2D eigenvalue weighted by Gasteiger charge is -2.22. The lowest BCUT2D eigenvalue weighted by molar-refractivity contribution is 0.401. The van der Waals surface area contributed by atoms with Gasteiger partial charge in [-0.1, -0.05) is 30.3 Å². The van der Waals surface area contributed by atoms with Gasteiger partial charge in [0.2, 0.25) is 10.0 Å². The van der Waals surface area contributed by atoms with Gasteiger partial charge in [-0.15, -0.1) is 0 Å². The van der Waals surface area contributed by atoms with Gasteiger partial charge in [-0.3, -0.25) is 0 Å². The molecule has 0 aliphatic carbocycles. The summed E-state index contributed by atoms with van der Waals surface area (Å²) in [5.74, 6) is 0. The molecule has 136 valence electrons. The second-order valence-electron chi connectivity index (χ2n) is 5.71. The number of hydrogen-bond donors (Lipinski definition) is 1. The first-order valence-electron chi connectivity index (χ1n) is 7.79. The first-order chi connectivity index (χ1) is 11.7. The third-order valence-electron chi connectivity index (χ3n) is 3.70. The maximum absolute atomic E-state index is 12.9. The fourth-order valence-corrected chi connectivity index (χ4v) is 4.44. The van der Waals surface area contributed by atoms with Crippen LogP contribution in [0, 0.1) is 0 Å². The maximum Gasteiger partial charge on any atom is 0.243 e. The predicted molar refractivity (Wildman–Crippen MR) is 97.3 cm³/mol. The Bertz CT molecular complexity index is 893. The third kappa shape index (κ3) is 5.12. The molecule has 0 bridgehead atoms. The van der Waals surface area contributed by atoms with Crippen LogP contribution in [0.3, 0.4) is 0 Å². The van der Waals surface area contributed by atoms with Crippen molar-refractivity contribution in [3.8, 4) is 0 Å². The van der Waals surface area contributed by atoms with Gasteiger partial charge < -0.3 is 5.73 Å². The van der Waals surface area contributed by atoms with Crippen molar-refractivity contribution in [1.29, 1.82) is 0 Å². The van der Waals surface area contributed by atoms with Gasteiger partial charge in [-0.05, 0) is 42.8 Å². The lowest BCUT2D eigenvalue weighted by Crippen LogP contribution is -2.32. The van der Waals surface area contributed by atoms with Crippen molar-refractivity contribution < 1.29 is 16.8 Å². The van der Waals surface area contributed by atoms with Crippen LogP contribution >= 0.6 is 0 Å². The Morgan fingerprint density at radius 2 is 1.44 bits per heavy atom. The molecule has 0 saturated carbocycles. The molecule has 2 aromatic carbocycles. The fourth-order valence-electron chi connectivity index (χ4n) is 2.35. The van der Waals surface area contributed by atoms with E-state index in [0.717, 1.165) is 11.8 Å². The summed E-state index contributed by atoms with van der Waals surface area (Å²) in [4.78, 5) is 0.149. The molecule has 0 radical (unpaired) electrons. The normalized spacial score (nSPS) is 12.4. The molecule has 6 nitrogen and oxygen atoms in total. The highest BCUT2D eigenvalue weighted by Crippen LogP contribution is 2.20. The molecule has 0 aromatic heterocycles. The minimum absolute atomic E-state index is 0.0628. The van der Waals surface area contributed by atoms with E-state index in [2.05, 4.69) is 0 Å². The maximum atomic E-state index is 12.9. The van der Waals surface area contributed by atoms with E-state index in [1.54, 1.807) is 0 Å². The zero-order valence-corrected chi connectivity index (χ0v) is 15.6. The summed E-state index contributed by atoms with van der Waals surface area (Å²) in [6.45, 7) is 0.909. The van der Waals surface area contributed by atoms with Crippen molar-refractivity contribution in [2.45, 2.75) is 22.8 Å². The van der Waals surface area contributed by atoms with Crippen LogP contribution in [0.1, 0.15) is 12.0 Å². The molecule has 0 unspecified atom stereocenters. The van der Waals surface area contributed by atoms with Gasteiger partial charge in [-0.2, -0.15) is 4.31 Å². The van der Waals surface area contributed by atoms with Gasteiger partial charge in [0.1, 0.15) is 0 Å². The number of sulfonamides is 1. The highest BCUT2D eigenvalue weighted by atomic mass is 32.2. The average molecular weight is 383 g/mol. The molecule has 0 amide bonds. The minimum Gasteiger partial charge on any atom is -0.330 e. The van der Waals surface area contributed by atoms with E-state index >= 15 is 0 Å². The summed E-state index contributed by atoms with van der Waals surface area (Å²) in [6, 6.07) is 14.6. The average Bonchev–Trinajstić information content (AvgIpc) is 2.58. The summed E-state index contributed by atoms with van der Waals surface area (Å²) < 4.78 is 50.3. The molecule has 0 spiro atoms. The van der Waals surface area contributed by atoms with E-state index in [1.807, 2.05) is 30.3 Å². The monoisotopic (exact) mass is 382 g/mol. The number of nitrogens with two attached hydrogens (primary N) is 1. The Labute approximate surface area is 149 Å². The number of benzene rings is 2. The molecule has 0 aliphatic rings. The molecule has 0 fully saturated rings. The number of sulfone groups is 1. The van der Waals surface area contributed by atoms with E-state index in [9.17, 15) is 16.8 Å². The number of nitrogens with zero attached hydrogens (tertiary/aromatic N) is 1. The summed E-state index contributed by atoms with van der Waals surface area (Å²) in [5, 5.41) is 0. The van der Waals surface area contributed by atoms with Crippen molar-refractivity contribution in [1.82, 2.24) is 4.31 Å². The van der Waals surface area contributed by atoms with E-state index in [0.29, 0.717) is 19.5 Å². The summed E-state index contributed by atoms with van der Waals surface area (Å²) in [5.41, 5.74) is 6.40. The molecule has 2 aromatic rings. The third-order valence-corrected chi connectivity index (χ3v) is 6.69. The van der Waals surface area contributed by atoms with Crippen molar-refractivity contribution in [2.75, 3.05) is 19.3 Å². The molecule has 0 saturated heterocycles. The highest BCUT2D eigenvalue weighted by Gasteiger charge is 2.24. The molecular weight excluding hydrogens is 360 g/mol. The van der Waals surface area contributed by atoms with Gasteiger partial charge in [0.25, 0.3) is 0 Å². The standard InChI is InChI=1S/C17H22N2O4S2/c1-24(20,21)16-8-10-17(11-9-16)25(22,23)19(13-5-12-18)14-15-6-3-2-4-7-15/h2-4,6-11H,5,12-14,18H2,1H3. The fraction of sp³-hybridized carbons (Fsp3) is 0.294. The molecule has 2 rings (SSSR count). The van der Waals surface area contributed by atoms with Gasteiger partial charge >= 0.3 is 0 Å². The van der Waals surface area contributed by atoms with Gasteiger partial charge in [0.15, 0.2) is 9.84 Å². The quantitative estimate of drug-likeness (QED) is 0.748. The van der Waals surface area contributed by atoms with Crippen LogP contribution in [-0.4, -0.2) is 40.5 Å². The molecule has 0 aliphatic heterocycles. The minimum atomic E-state index is -3.75. The topological polar surface area (TPSA) is 97.5 Å². The summed E-state index contributed by atoms with van der Waals surface area (Å²) >= 11 is 0. The Hall–Kier alpha value is -1.74. The first-order valence-corrected chi connectivity index (χ1v) is 11.1. The van der Waals surface area contributed by atoms with Crippen LogP contribution in [0.5, 0.6) is 0 Å². The lowest BCUT2D eigenvalue weighted by atomic mass is 10.2.